The third-order valence-corrected chi connectivity index (χ3v) is 6.83. The lowest BCUT2D eigenvalue weighted by Gasteiger charge is -2.25. The van der Waals surface area contributed by atoms with Crippen LogP contribution in [0.25, 0.3) is 0 Å². The Morgan fingerprint density at radius 2 is 2.11 bits per heavy atom. The van der Waals surface area contributed by atoms with Gasteiger partial charge in [-0.1, -0.05) is 32.0 Å². The van der Waals surface area contributed by atoms with E-state index in [2.05, 4.69) is 54.8 Å². The molecule has 3 heteroatoms. The molecule has 1 aromatic rings. The van der Waals surface area contributed by atoms with Crippen molar-refractivity contribution in [2.45, 2.75) is 35.8 Å². The fourth-order valence-corrected chi connectivity index (χ4v) is 5.32. The summed E-state index contributed by atoms with van der Waals surface area (Å²) >= 11 is 4.18. The second kappa shape index (κ2) is 5.71. The normalized spacial score (nSPS) is 26.9. The maximum Gasteiger partial charge on any atom is 0.0116 e. The van der Waals surface area contributed by atoms with E-state index in [9.17, 15) is 0 Å². The minimum absolute atomic E-state index is 0.469. The van der Waals surface area contributed by atoms with E-state index < -0.39 is 0 Å². The fourth-order valence-electron chi connectivity index (χ4n) is 2.94. The minimum Gasteiger partial charge on any atom is -0.302 e. The molecule has 2 aliphatic rings. The van der Waals surface area contributed by atoms with Crippen LogP contribution < -0.4 is 0 Å². The number of rotatable bonds is 2. The Morgan fingerprint density at radius 3 is 3.00 bits per heavy atom. The number of nitrogens with zero attached hydrogens (tertiary/aromatic N) is 1. The molecule has 0 bridgehead atoms. The average Bonchev–Trinajstić information content (AvgIpc) is 2.70. The Morgan fingerprint density at radius 1 is 1.26 bits per heavy atom. The van der Waals surface area contributed by atoms with Crippen molar-refractivity contribution in [2.75, 3.05) is 31.1 Å². The van der Waals surface area contributed by atoms with Gasteiger partial charge in [-0.2, -0.15) is 11.8 Å². The highest BCUT2D eigenvalue weighted by Gasteiger charge is 2.28. The summed E-state index contributed by atoms with van der Waals surface area (Å²) in [4.78, 5) is 4.20. The first-order valence-corrected chi connectivity index (χ1v) is 9.19. The predicted molar refractivity (Wildman–Crippen MR) is 87.5 cm³/mol. The van der Waals surface area contributed by atoms with Gasteiger partial charge in [0.15, 0.2) is 0 Å². The standard InChI is InChI=1S/C16H23NS2/c1-16(2)7-8-17(9-10-19-16)11-13-12-18-15-6-4-3-5-14(13)15/h3-6,13H,7-12H2,1-2H3. The first-order chi connectivity index (χ1) is 9.14. The van der Waals surface area contributed by atoms with E-state index in [1.807, 2.05) is 11.8 Å². The van der Waals surface area contributed by atoms with Gasteiger partial charge in [-0.05, 0) is 24.6 Å². The van der Waals surface area contributed by atoms with Crippen molar-refractivity contribution in [3.63, 3.8) is 0 Å². The first-order valence-electron chi connectivity index (χ1n) is 7.22. The molecule has 0 radical (unpaired) electrons. The molecule has 0 spiro atoms. The van der Waals surface area contributed by atoms with Crippen molar-refractivity contribution in [1.82, 2.24) is 4.90 Å². The molecule has 19 heavy (non-hydrogen) atoms. The Labute approximate surface area is 125 Å². The van der Waals surface area contributed by atoms with Crippen molar-refractivity contribution in [2.24, 2.45) is 0 Å². The van der Waals surface area contributed by atoms with E-state index in [0.717, 1.165) is 5.92 Å². The van der Waals surface area contributed by atoms with Crippen molar-refractivity contribution in [3.05, 3.63) is 29.8 Å². The molecule has 2 aliphatic heterocycles. The SMILES string of the molecule is CC1(C)CCN(CC2CSc3ccccc32)CCS1. The van der Waals surface area contributed by atoms with Crippen molar-refractivity contribution in [1.29, 1.82) is 0 Å². The molecule has 1 saturated heterocycles. The zero-order valence-electron chi connectivity index (χ0n) is 11.9. The molecule has 0 aliphatic carbocycles. The van der Waals surface area contributed by atoms with Gasteiger partial charge in [0.1, 0.15) is 0 Å². The summed E-state index contributed by atoms with van der Waals surface area (Å²) in [7, 11) is 0. The molecule has 1 nitrogen and oxygen atoms in total. The third kappa shape index (κ3) is 3.32. The van der Waals surface area contributed by atoms with Crippen molar-refractivity contribution in [3.8, 4) is 0 Å². The molecule has 2 heterocycles. The molecule has 1 aromatic carbocycles. The molecule has 0 amide bonds. The zero-order valence-corrected chi connectivity index (χ0v) is 13.5. The molecule has 104 valence electrons. The zero-order chi connectivity index (χ0) is 13.3. The molecule has 1 unspecified atom stereocenters. The highest BCUT2D eigenvalue weighted by molar-refractivity contribution is 8.00. The van der Waals surface area contributed by atoms with Crippen LogP contribution in [-0.4, -0.2) is 40.8 Å². The summed E-state index contributed by atoms with van der Waals surface area (Å²) in [6.45, 7) is 8.56. The van der Waals surface area contributed by atoms with Crippen LogP contribution in [0.2, 0.25) is 0 Å². The molecule has 3 rings (SSSR count). The summed E-state index contributed by atoms with van der Waals surface area (Å²) in [5.41, 5.74) is 1.59. The van der Waals surface area contributed by atoms with Gasteiger partial charge >= 0.3 is 0 Å². The second-order valence-electron chi connectivity index (χ2n) is 6.20. The highest BCUT2D eigenvalue weighted by atomic mass is 32.2. The molecular formula is C16H23NS2. The van der Waals surface area contributed by atoms with Crippen LogP contribution >= 0.6 is 23.5 Å². The molecule has 0 saturated carbocycles. The molecule has 1 fully saturated rings. The Balaban J connectivity index is 1.64. The molecule has 0 N–H and O–H groups in total. The highest BCUT2D eigenvalue weighted by Crippen LogP contribution is 2.40. The maximum atomic E-state index is 2.69. The average molecular weight is 294 g/mol. The van der Waals surface area contributed by atoms with Crippen molar-refractivity contribution < 1.29 is 0 Å². The van der Waals surface area contributed by atoms with Gasteiger partial charge in [-0.15, -0.1) is 11.8 Å². The van der Waals surface area contributed by atoms with Crippen LogP contribution in [0.15, 0.2) is 29.2 Å². The van der Waals surface area contributed by atoms with E-state index in [1.165, 1.54) is 42.5 Å². The monoisotopic (exact) mass is 293 g/mol. The van der Waals surface area contributed by atoms with Gasteiger partial charge < -0.3 is 4.90 Å². The van der Waals surface area contributed by atoms with Gasteiger partial charge in [-0.3, -0.25) is 0 Å². The van der Waals surface area contributed by atoms with E-state index in [1.54, 1.807) is 5.56 Å². The van der Waals surface area contributed by atoms with E-state index in [-0.39, 0.29) is 0 Å². The summed E-state index contributed by atoms with van der Waals surface area (Å²) in [6.07, 6.45) is 1.32. The number of hydrogen-bond acceptors (Lipinski definition) is 3. The lowest BCUT2D eigenvalue weighted by atomic mass is 10.0. The van der Waals surface area contributed by atoms with Gasteiger partial charge in [0, 0.05) is 40.2 Å². The first kappa shape index (κ1) is 13.8. The van der Waals surface area contributed by atoms with Crippen LogP contribution in [0.4, 0.5) is 0 Å². The van der Waals surface area contributed by atoms with Crippen LogP contribution in [0.3, 0.4) is 0 Å². The maximum absolute atomic E-state index is 2.69. The third-order valence-electron chi connectivity index (χ3n) is 4.21. The second-order valence-corrected chi connectivity index (χ2v) is 9.07. The Hall–Kier alpha value is -0.120. The summed E-state index contributed by atoms with van der Waals surface area (Å²) < 4.78 is 0.469. The quantitative estimate of drug-likeness (QED) is 0.808. The van der Waals surface area contributed by atoms with Gasteiger partial charge in [0.25, 0.3) is 0 Å². The number of thioether (sulfide) groups is 2. The number of benzene rings is 1. The minimum atomic E-state index is 0.469. The topological polar surface area (TPSA) is 3.24 Å². The number of hydrogen-bond donors (Lipinski definition) is 0. The Bertz CT molecular complexity index is 444. The lowest BCUT2D eigenvalue weighted by molar-refractivity contribution is 0.272. The lowest BCUT2D eigenvalue weighted by Crippen LogP contribution is -2.31. The summed E-state index contributed by atoms with van der Waals surface area (Å²) in [5, 5.41) is 0. The smallest absolute Gasteiger partial charge is 0.0116 e. The van der Waals surface area contributed by atoms with E-state index in [4.69, 9.17) is 0 Å². The predicted octanol–water partition coefficient (Wildman–Crippen LogP) is 4.09. The summed E-state index contributed by atoms with van der Waals surface area (Å²) in [6, 6.07) is 8.97. The van der Waals surface area contributed by atoms with E-state index >= 15 is 0 Å². The molecular weight excluding hydrogens is 270 g/mol. The Kier molecular flexibility index (Phi) is 4.16. The van der Waals surface area contributed by atoms with Gasteiger partial charge in [0.05, 0.1) is 0 Å². The number of fused-ring (bicyclic) bond motifs is 1. The van der Waals surface area contributed by atoms with Crippen LogP contribution in [0, 0.1) is 0 Å². The summed E-state index contributed by atoms with van der Waals surface area (Å²) in [5.74, 6) is 3.30. The molecule has 1 atom stereocenters. The van der Waals surface area contributed by atoms with Crippen LogP contribution in [0.5, 0.6) is 0 Å². The van der Waals surface area contributed by atoms with Crippen LogP contribution in [-0.2, 0) is 0 Å². The van der Waals surface area contributed by atoms with Crippen molar-refractivity contribution >= 4 is 23.5 Å². The van der Waals surface area contributed by atoms with Gasteiger partial charge in [-0.25, -0.2) is 0 Å². The van der Waals surface area contributed by atoms with Crippen LogP contribution in [0.1, 0.15) is 31.7 Å². The largest absolute Gasteiger partial charge is 0.302 e. The van der Waals surface area contributed by atoms with Gasteiger partial charge in [0.2, 0.25) is 0 Å². The van der Waals surface area contributed by atoms with E-state index in [0.29, 0.717) is 4.75 Å². The molecule has 0 aromatic heterocycles. The fraction of sp³-hybridized carbons (Fsp3) is 0.625.